The van der Waals surface area contributed by atoms with Crippen LogP contribution in [-0.2, 0) is 27.1 Å². The Morgan fingerprint density at radius 3 is 2.18 bits per heavy atom. The van der Waals surface area contributed by atoms with Gasteiger partial charge in [-0.25, -0.2) is 0 Å². The summed E-state index contributed by atoms with van der Waals surface area (Å²) in [6.07, 6.45) is 0. The Kier molecular flexibility index (Phi) is 4.13. The summed E-state index contributed by atoms with van der Waals surface area (Å²) in [6.45, 7) is 1.56. The van der Waals surface area contributed by atoms with E-state index in [0.29, 0.717) is 30.2 Å². The summed E-state index contributed by atoms with van der Waals surface area (Å²) in [7, 11) is 0. The lowest BCUT2D eigenvalue weighted by molar-refractivity contribution is -0.138. The van der Waals surface area contributed by atoms with E-state index in [-0.39, 0.29) is 0 Å². The van der Waals surface area contributed by atoms with Crippen molar-refractivity contribution in [2.75, 3.05) is 0 Å². The fourth-order valence-electron chi connectivity index (χ4n) is 2.25. The van der Waals surface area contributed by atoms with E-state index in [0.717, 1.165) is 0 Å². The number of carbonyl (C=O) groups is 1. The molecule has 3 unspecified atom stereocenters. The highest BCUT2D eigenvalue weighted by molar-refractivity contribution is 7.97. The Balaban J connectivity index is 2.13. The first-order chi connectivity index (χ1) is 10.4. The maximum atomic E-state index is 12.7. The number of hydrogen-bond acceptors (Lipinski definition) is 3. The summed E-state index contributed by atoms with van der Waals surface area (Å²) in [5.41, 5.74) is 0.536. The zero-order valence-electron chi connectivity index (χ0n) is 11.4. The van der Waals surface area contributed by atoms with Crippen LogP contribution >= 0.6 is 11.6 Å². The van der Waals surface area contributed by atoms with Gasteiger partial charge in [0.15, 0.2) is 0 Å². The molecule has 3 atom stereocenters. The first kappa shape index (κ1) is 15.7. The molecule has 2 aromatic rings. The van der Waals surface area contributed by atoms with Crippen LogP contribution in [0.3, 0.4) is 0 Å². The minimum absolute atomic E-state index is 0.402. The lowest BCUT2D eigenvalue weighted by atomic mass is 10.0. The fraction of sp³-hybridized carbons (Fsp3) is 0.133. The first-order valence-electron chi connectivity index (χ1n) is 6.40. The van der Waals surface area contributed by atoms with Crippen molar-refractivity contribution in [3.63, 3.8) is 0 Å². The summed E-state index contributed by atoms with van der Waals surface area (Å²) in [5, 5.41) is 9.53. The van der Waals surface area contributed by atoms with Gasteiger partial charge in [0.1, 0.15) is 0 Å². The minimum Gasteiger partial charge on any atom is -0.606 e. The number of aliphatic carboxylic acids is 1. The van der Waals surface area contributed by atoms with Crippen LogP contribution in [0.25, 0.3) is 0 Å². The van der Waals surface area contributed by atoms with E-state index in [4.69, 9.17) is 16.7 Å². The van der Waals surface area contributed by atoms with Gasteiger partial charge in [0, 0.05) is 45.6 Å². The molecule has 1 aliphatic heterocycles. The molecular formula is C15H11ClO4S2. The molecule has 0 bridgehead atoms. The highest BCUT2D eigenvalue weighted by Gasteiger charge is 2.40. The van der Waals surface area contributed by atoms with Gasteiger partial charge in [-0.1, -0.05) is 17.7 Å². The molecule has 0 aromatic heterocycles. The van der Waals surface area contributed by atoms with Gasteiger partial charge in [-0.15, -0.1) is 0 Å². The molecule has 22 heavy (non-hydrogen) atoms. The third-order valence-corrected chi connectivity index (χ3v) is 7.02. The number of hydrogen-bond donors (Lipinski definition) is 1. The second-order valence-electron chi connectivity index (χ2n) is 4.89. The largest absolute Gasteiger partial charge is 0.606 e. The Morgan fingerprint density at radius 1 is 1.05 bits per heavy atom. The summed E-state index contributed by atoms with van der Waals surface area (Å²) in [6, 6.07) is 9.53. The van der Waals surface area contributed by atoms with Crippen molar-refractivity contribution < 1.29 is 19.0 Å². The number of rotatable bonds is 2. The van der Waals surface area contributed by atoms with E-state index >= 15 is 0 Å². The normalized spacial score (nSPS) is 20.9. The van der Waals surface area contributed by atoms with E-state index in [1.54, 1.807) is 43.3 Å². The van der Waals surface area contributed by atoms with Gasteiger partial charge in [0.05, 0.1) is 5.92 Å². The van der Waals surface area contributed by atoms with Crippen molar-refractivity contribution in [2.45, 2.75) is 32.4 Å². The Bertz CT molecular complexity index is 765. The quantitative estimate of drug-likeness (QED) is 0.839. The Labute approximate surface area is 138 Å². The highest BCUT2D eigenvalue weighted by atomic mass is 35.5. The molecule has 1 N–H and O–H groups in total. The number of fused-ring (bicyclic) bond motifs is 2. The molecule has 0 spiro atoms. The van der Waals surface area contributed by atoms with Crippen LogP contribution in [0.4, 0.5) is 0 Å². The van der Waals surface area contributed by atoms with E-state index in [2.05, 4.69) is 0 Å². The van der Waals surface area contributed by atoms with Crippen LogP contribution in [0.5, 0.6) is 0 Å². The van der Waals surface area contributed by atoms with Gasteiger partial charge < -0.3 is 14.2 Å². The summed E-state index contributed by atoms with van der Waals surface area (Å²) >= 11 is 2.94. The molecule has 0 saturated carbocycles. The van der Waals surface area contributed by atoms with Crippen molar-refractivity contribution in [3.8, 4) is 0 Å². The van der Waals surface area contributed by atoms with Gasteiger partial charge in [0.2, 0.25) is 19.6 Å². The third-order valence-electron chi connectivity index (χ3n) is 3.54. The van der Waals surface area contributed by atoms with Crippen LogP contribution in [0, 0.1) is 0 Å². The molecule has 0 amide bonds. The summed E-state index contributed by atoms with van der Waals surface area (Å²) in [5.74, 6) is -1.68. The minimum atomic E-state index is -1.50. The molecular weight excluding hydrogens is 344 g/mol. The van der Waals surface area contributed by atoms with Gasteiger partial charge in [-0.2, -0.15) is 0 Å². The lowest BCUT2D eigenvalue weighted by Gasteiger charge is -2.23. The number of carboxylic acids is 1. The predicted molar refractivity (Wildman–Crippen MR) is 83.3 cm³/mol. The molecule has 114 valence electrons. The monoisotopic (exact) mass is 354 g/mol. The van der Waals surface area contributed by atoms with E-state index < -0.39 is 34.2 Å². The van der Waals surface area contributed by atoms with Crippen molar-refractivity contribution in [1.82, 2.24) is 0 Å². The van der Waals surface area contributed by atoms with Crippen LogP contribution in [0.15, 0.2) is 56.0 Å². The average molecular weight is 355 g/mol. The third kappa shape index (κ3) is 2.51. The van der Waals surface area contributed by atoms with Crippen molar-refractivity contribution in [2.24, 2.45) is 0 Å². The SMILES string of the molecule is CC(C(=O)O)c1ccc2c(c1)[S+]([O-])c1ccc(Cl)cc1[S+]2[O-]. The molecule has 0 radical (unpaired) electrons. The van der Waals surface area contributed by atoms with Crippen LogP contribution in [0.2, 0.25) is 5.02 Å². The zero-order chi connectivity index (χ0) is 16.0. The number of halogens is 1. The topological polar surface area (TPSA) is 83.4 Å². The molecule has 3 rings (SSSR count). The Hall–Kier alpha value is -1.18. The van der Waals surface area contributed by atoms with Crippen molar-refractivity contribution in [1.29, 1.82) is 0 Å². The van der Waals surface area contributed by atoms with Gasteiger partial charge in [-0.05, 0) is 24.6 Å². The van der Waals surface area contributed by atoms with Crippen molar-refractivity contribution >= 4 is 39.9 Å². The fourth-order valence-corrected chi connectivity index (χ4v) is 5.72. The molecule has 7 heteroatoms. The summed E-state index contributed by atoms with van der Waals surface area (Å²) in [4.78, 5) is 12.8. The Morgan fingerprint density at radius 2 is 1.59 bits per heavy atom. The molecule has 4 nitrogen and oxygen atoms in total. The average Bonchev–Trinajstić information content (AvgIpc) is 2.51. The molecule has 0 saturated heterocycles. The second-order valence-corrected chi connectivity index (χ2v) is 8.17. The zero-order valence-corrected chi connectivity index (χ0v) is 13.8. The predicted octanol–water partition coefficient (Wildman–Crippen LogP) is 3.17. The first-order valence-corrected chi connectivity index (χ1v) is 9.07. The molecule has 0 aliphatic carbocycles. The molecule has 0 fully saturated rings. The summed E-state index contributed by atoms with van der Waals surface area (Å²) < 4.78 is 25.3. The molecule has 1 heterocycles. The smallest absolute Gasteiger partial charge is 0.310 e. The van der Waals surface area contributed by atoms with Crippen LogP contribution in [0.1, 0.15) is 18.4 Å². The number of carboxylic acid groups (broad SMARTS) is 1. The van der Waals surface area contributed by atoms with Gasteiger partial charge in [0.25, 0.3) is 0 Å². The molecule has 2 aromatic carbocycles. The highest BCUT2D eigenvalue weighted by Crippen LogP contribution is 2.42. The standard InChI is InChI=1S/C15H11ClO4S2/c1-8(15(17)18)9-2-4-11-13(6-9)21(19)12-5-3-10(16)7-14(12)22(11)20/h2-8H,1H3,(H,17,18). The van der Waals surface area contributed by atoms with E-state index in [9.17, 15) is 13.9 Å². The van der Waals surface area contributed by atoms with Crippen LogP contribution in [-0.4, -0.2) is 20.2 Å². The van der Waals surface area contributed by atoms with Crippen LogP contribution < -0.4 is 0 Å². The maximum Gasteiger partial charge on any atom is 0.310 e. The van der Waals surface area contributed by atoms with Crippen molar-refractivity contribution in [3.05, 3.63) is 47.0 Å². The molecule has 1 aliphatic rings. The van der Waals surface area contributed by atoms with Gasteiger partial charge in [-0.3, -0.25) is 4.79 Å². The van der Waals surface area contributed by atoms with E-state index in [1.807, 2.05) is 0 Å². The second kappa shape index (κ2) is 5.79. The van der Waals surface area contributed by atoms with E-state index in [1.165, 1.54) is 0 Å². The maximum absolute atomic E-state index is 12.7. The number of benzene rings is 2. The van der Waals surface area contributed by atoms with Gasteiger partial charge >= 0.3 is 5.97 Å². The lowest BCUT2D eigenvalue weighted by Crippen LogP contribution is -2.20.